The molecule has 0 aromatic heterocycles. The molecule has 22 heavy (non-hydrogen) atoms. The van der Waals surface area contributed by atoms with Gasteiger partial charge in [-0.1, -0.05) is 0 Å². The summed E-state index contributed by atoms with van der Waals surface area (Å²) in [6, 6.07) is 7.15. The fourth-order valence-electron chi connectivity index (χ4n) is 2.68. The molecule has 0 spiro atoms. The van der Waals surface area contributed by atoms with Crippen molar-refractivity contribution in [2.24, 2.45) is 0 Å². The number of ether oxygens (including phenoxy) is 2. The molecule has 6 nitrogen and oxygen atoms in total. The quantitative estimate of drug-likeness (QED) is 0.806. The number of anilines is 1. The molecule has 1 heterocycles. The molecule has 0 saturated carbocycles. The van der Waals surface area contributed by atoms with Crippen molar-refractivity contribution in [2.45, 2.75) is 25.3 Å². The molecule has 1 aliphatic rings. The zero-order valence-electron chi connectivity index (χ0n) is 13.2. The van der Waals surface area contributed by atoms with Gasteiger partial charge in [0, 0.05) is 25.8 Å². The van der Waals surface area contributed by atoms with Crippen LogP contribution in [0.4, 0.5) is 5.69 Å². The van der Waals surface area contributed by atoms with E-state index >= 15 is 0 Å². The summed E-state index contributed by atoms with van der Waals surface area (Å²) in [4.78, 5) is 26.4. The molecule has 1 fully saturated rings. The van der Waals surface area contributed by atoms with Crippen LogP contribution in [0.25, 0.3) is 0 Å². The Bertz CT molecular complexity index is 544. The Morgan fingerprint density at radius 2 is 2.00 bits per heavy atom. The SMILES string of the molecule is COCCNC(=O)C1(C)CCC(=O)N1c1ccc(OC)cc1. The summed E-state index contributed by atoms with van der Waals surface area (Å²) in [7, 11) is 3.17. The Hall–Kier alpha value is -2.08. The normalized spacial score (nSPS) is 21.0. The average Bonchev–Trinajstić information content (AvgIpc) is 2.84. The van der Waals surface area contributed by atoms with Gasteiger partial charge in [0.05, 0.1) is 13.7 Å². The highest BCUT2D eigenvalue weighted by Gasteiger charge is 2.47. The number of rotatable bonds is 6. The molecular weight excluding hydrogens is 284 g/mol. The van der Waals surface area contributed by atoms with E-state index in [1.54, 1.807) is 50.3 Å². The van der Waals surface area contributed by atoms with E-state index in [4.69, 9.17) is 9.47 Å². The first-order chi connectivity index (χ1) is 10.5. The van der Waals surface area contributed by atoms with Crippen LogP contribution in [0.5, 0.6) is 5.75 Å². The summed E-state index contributed by atoms with van der Waals surface area (Å²) in [6.07, 6.45) is 0.858. The number of benzene rings is 1. The smallest absolute Gasteiger partial charge is 0.246 e. The third kappa shape index (κ3) is 3.06. The molecule has 0 aliphatic carbocycles. The highest BCUT2D eigenvalue weighted by molar-refractivity contribution is 6.06. The molecule has 1 N–H and O–H groups in total. The van der Waals surface area contributed by atoms with Gasteiger partial charge in [0.15, 0.2) is 0 Å². The minimum absolute atomic E-state index is 0.0467. The maximum atomic E-state index is 12.5. The lowest BCUT2D eigenvalue weighted by molar-refractivity contribution is -0.127. The Balaban J connectivity index is 2.22. The molecule has 1 aromatic rings. The number of nitrogens with zero attached hydrogens (tertiary/aromatic N) is 1. The van der Waals surface area contributed by atoms with Crippen LogP contribution in [0, 0.1) is 0 Å². The van der Waals surface area contributed by atoms with Gasteiger partial charge in [-0.3, -0.25) is 14.5 Å². The lowest BCUT2D eigenvalue weighted by atomic mass is 9.97. The van der Waals surface area contributed by atoms with Crippen molar-refractivity contribution in [3.8, 4) is 5.75 Å². The highest BCUT2D eigenvalue weighted by atomic mass is 16.5. The van der Waals surface area contributed by atoms with Crippen molar-refractivity contribution in [1.82, 2.24) is 5.32 Å². The first kappa shape index (κ1) is 16.3. The summed E-state index contributed by atoms with van der Waals surface area (Å²) in [5.41, 5.74) is -0.174. The van der Waals surface area contributed by atoms with E-state index in [2.05, 4.69) is 5.32 Å². The Morgan fingerprint density at radius 3 is 2.59 bits per heavy atom. The average molecular weight is 306 g/mol. The van der Waals surface area contributed by atoms with Gasteiger partial charge in [-0.25, -0.2) is 0 Å². The first-order valence-electron chi connectivity index (χ1n) is 7.27. The molecule has 1 atom stereocenters. The second-order valence-corrected chi connectivity index (χ2v) is 5.45. The molecular formula is C16H22N2O4. The molecule has 0 bridgehead atoms. The zero-order valence-corrected chi connectivity index (χ0v) is 13.2. The summed E-state index contributed by atoms with van der Waals surface area (Å²) in [6.45, 7) is 2.66. The van der Waals surface area contributed by atoms with Gasteiger partial charge in [-0.05, 0) is 37.6 Å². The minimum Gasteiger partial charge on any atom is -0.497 e. The van der Waals surface area contributed by atoms with E-state index in [0.29, 0.717) is 37.4 Å². The van der Waals surface area contributed by atoms with E-state index < -0.39 is 5.54 Å². The number of hydrogen-bond donors (Lipinski definition) is 1. The van der Waals surface area contributed by atoms with Crippen molar-refractivity contribution in [2.75, 3.05) is 32.3 Å². The zero-order chi connectivity index (χ0) is 16.2. The van der Waals surface area contributed by atoms with Crippen LogP contribution in [-0.2, 0) is 14.3 Å². The van der Waals surface area contributed by atoms with Gasteiger partial charge in [0.25, 0.3) is 0 Å². The Labute approximate surface area is 130 Å². The van der Waals surface area contributed by atoms with Gasteiger partial charge in [0.1, 0.15) is 11.3 Å². The van der Waals surface area contributed by atoms with Crippen LogP contribution < -0.4 is 15.0 Å². The number of amides is 2. The van der Waals surface area contributed by atoms with Crippen LogP contribution in [-0.4, -0.2) is 44.7 Å². The van der Waals surface area contributed by atoms with Gasteiger partial charge >= 0.3 is 0 Å². The van der Waals surface area contributed by atoms with Crippen molar-refractivity contribution in [1.29, 1.82) is 0 Å². The van der Waals surface area contributed by atoms with E-state index in [-0.39, 0.29) is 11.8 Å². The topological polar surface area (TPSA) is 67.9 Å². The van der Waals surface area contributed by atoms with Crippen molar-refractivity contribution >= 4 is 17.5 Å². The standard InChI is InChI=1S/C16H22N2O4/c1-16(15(20)17-10-11-21-2)9-8-14(19)18(16)12-4-6-13(22-3)7-5-12/h4-7H,8-11H2,1-3H3,(H,17,20). The third-order valence-corrected chi connectivity index (χ3v) is 3.98. The predicted octanol–water partition coefficient (Wildman–Crippen LogP) is 1.34. The molecule has 2 amide bonds. The van der Waals surface area contributed by atoms with Gasteiger partial charge in [-0.2, -0.15) is 0 Å². The van der Waals surface area contributed by atoms with Crippen LogP contribution in [0.3, 0.4) is 0 Å². The lowest BCUT2D eigenvalue weighted by Gasteiger charge is -2.34. The summed E-state index contributed by atoms with van der Waals surface area (Å²) in [5.74, 6) is 0.502. The number of nitrogens with one attached hydrogen (secondary N) is 1. The largest absolute Gasteiger partial charge is 0.497 e. The first-order valence-corrected chi connectivity index (χ1v) is 7.27. The monoisotopic (exact) mass is 306 g/mol. The lowest BCUT2D eigenvalue weighted by Crippen LogP contribution is -2.55. The molecule has 120 valence electrons. The number of hydrogen-bond acceptors (Lipinski definition) is 4. The van der Waals surface area contributed by atoms with Crippen LogP contribution in [0.1, 0.15) is 19.8 Å². The molecule has 1 saturated heterocycles. The van der Waals surface area contributed by atoms with Gasteiger partial charge in [-0.15, -0.1) is 0 Å². The maximum absolute atomic E-state index is 12.5. The maximum Gasteiger partial charge on any atom is 0.246 e. The van der Waals surface area contributed by atoms with Crippen LogP contribution in [0.15, 0.2) is 24.3 Å². The van der Waals surface area contributed by atoms with Crippen LogP contribution >= 0.6 is 0 Å². The third-order valence-electron chi connectivity index (χ3n) is 3.98. The Morgan fingerprint density at radius 1 is 1.32 bits per heavy atom. The summed E-state index contributed by atoms with van der Waals surface area (Å²) >= 11 is 0. The van der Waals surface area contributed by atoms with Crippen molar-refractivity contribution in [3.05, 3.63) is 24.3 Å². The molecule has 2 rings (SSSR count). The molecule has 1 unspecified atom stereocenters. The van der Waals surface area contributed by atoms with Crippen LogP contribution in [0.2, 0.25) is 0 Å². The fourth-order valence-corrected chi connectivity index (χ4v) is 2.68. The van der Waals surface area contributed by atoms with E-state index in [1.165, 1.54) is 0 Å². The minimum atomic E-state index is -0.876. The van der Waals surface area contributed by atoms with E-state index in [0.717, 1.165) is 0 Å². The van der Waals surface area contributed by atoms with Crippen molar-refractivity contribution < 1.29 is 19.1 Å². The van der Waals surface area contributed by atoms with E-state index in [1.807, 2.05) is 0 Å². The Kier molecular flexibility index (Phi) is 5.03. The fraction of sp³-hybridized carbons (Fsp3) is 0.500. The summed E-state index contributed by atoms with van der Waals surface area (Å²) < 4.78 is 10.1. The van der Waals surface area contributed by atoms with E-state index in [9.17, 15) is 9.59 Å². The second kappa shape index (κ2) is 6.79. The number of methoxy groups -OCH3 is 2. The molecule has 6 heteroatoms. The highest BCUT2D eigenvalue weighted by Crippen LogP contribution is 2.35. The second-order valence-electron chi connectivity index (χ2n) is 5.45. The molecule has 1 aliphatic heterocycles. The van der Waals surface area contributed by atoms with Gasteiger partial charge < -0.3 is 14.8 Å². The number of carbonyl (C=O) groups excluding carboxylic acids is 2. The van der Waals surface area contributed by atoms with Gasteiger partial charge in [0.2, 0.25) is 11.8 Å². The molecule has 1 aromatic carbocycles. The predicted molar refractivity (Wildman–Crippen MR) is 83.0 cm³/mol. The summed E-state index contributed by atoms with van der Waals surface area (Å²) in [5, 5.41) is 2.83. The number of carbonyl (C=O) groups is 2. The van der Waals surface area contributed by atoms with Crippen molar-refractivity contribution in [3.63, 3.8) is 0 Å². The molecule has 0 radical (unpaired) electrons.